The second-order valence-corrected chi connectivity index (χ2v) is 7.12. The molecule has 1 fully saturated rings. The highest BCUT2D eigenvalue weighted by Crippen LogP contribution is 2.36. The van der Waals surface area contributed by atoms with Gasteiger partial charge in [-0.2, -0.15) is 0 Å². The average Bonchev–Trinajstić information content (AvgIpc) is 2.93. The minimum Gasteiger partial charge on any atom is -0.462 e. The molecular formula is C17H22N4O3S. The standard InChI is InChI=1S/C17H22N4O3S/c1-4-24-17(23)14-10(2)13-15(18-9-19-16(13)25-14)21-7-5-12(6-8-21)20-11(3)22/h9,12H,4-8H2,1-3H3,(H,20,22). The van der Waals surface area contributed by atoms with Gasteiger partial charge in [0, 0.05) is 26.1 Å². The molecule has 1 aliphatic rings. The maximum absolute atomic E-state index is 12.2. The Morgan fingerprint density at radius 1 is 1.36 bits per heavy atom. The van der Waals surface area contributed by atoms with Crippen LogP contribution < -0.4 is 10.2 Å². The number of ether oxygens (including phenoxy) is 1. The van der Waals surface area contributed by atoms with Crippen LogP contribution in [0.5, 0.6) is 0 Å². The predicted octanol–water partition coefficient (Wildman–Crippen LogP) is 2.28. The molecule has 25 heavy (non-hydrogen) atoms. The van der Waals surface area contributed by atoms with Gasteiger partial charge in [-0.25, -0.2) is 14.8 Å². The summed E-state index contributed by atoms with van der Waals surface area (Å²) in [6, 6.07) is 0.213. The van der Waals surface area contributed by atoms with Gasteiger partial charge in [0.1, 0.15) is 21.9 Å². The summed E-state index contributed by atoms with van der Waals surface area (Å²) in [4.78, 5) is 35.8. The Labute approximate surface area is 150 Å². The van der Waals surface area contributed by atoms with Crippen molar-refractivity contribution in [2.24, 2.45) is 0 Å². The van der Waals surface area contributed by atoms with Gasteiger partial charge in [-0.05, 0) is 32.3 Å². The van der Waals surface area contributed by atoms with Crippen molar-refractivity contribution in [1.82, 2.24) is 15.3 Å². The minimum absolute atomic E-state index is 0.00985. The quantitative estimate of drug-likeness (QED) is 0.840. The lowest BCUT2D eigenvalue weighted by Gasteiger charge is -2.33. The molecule has 2 aromatic rings. The number of amides is 1. The first kappa shape index (κ1) is 17.6. The number of nitrogens with one attached hydrogen (secondary N) is 1. The third-order valence-electron chi connectivity index (χ3n) is 4.37. The van der Waals surface area contributed by atoms with Crippen molar-refractivity contribution in [3.05, 3.63) is 16.8 Å². The zero-order chi connectivity index (χ0) is 18.0. The Hall–Kier alpha value is -2.22. The lowest BCUT2D eigenvalue weighted by molar-refractivity contribution is -0.119. The molecule has 1 amide bonds. The maximum atomic E-state index is 12.2. The molecule has 0 spiro atoms. The number of piperidine rings is 1. The van der Waals surface area contributed by atoms with Crippen LogP contribution in [-0.4, -0.2) is 47.6 Å². The number of esters is 1. The molecule has 0 radical (unpaired) electrons. The number of hydrogen-bond donors (Lipinski definition) is 1. The van der Waals surface area contributed by atoms with Crippen LogP contribution in [0.1, 0.15) is 41.9 Å². The van der Waals surface area contributed by atoms with E-state index in [0.29, 0.717) is 11.5 Å². The first-order valence-electron chi connectivity index (χ1n) is 8.44. The molecule has 0 aromatic carbocycles. The molecule has 3 rings (SSSR count). The lowest BCUT2D eigenvalue weighted by Crippen LogP contribution is -2.44. The number of anilines is 1. The van der Waals surface area contributed by atoms with Gasteiger partial charge in [0.15, 0.2) is 0 Å². The van der Waals surface area contributed by atoms with E-state index < -0.39 is 0 Å². The van der Waals surface area contributed by atoms with Gasteiger partial charge in [-0.1, -0.05) is 0 Å². The fraction of sp³-hybridized carbons (Fsp3) is 0.529. The summed E-state index contributed by atoms with van der Waals surface area (Å²) >= 11 is 1.35. The summed E-state index contributed by atoms with van der Waals surface area (Å²) in [7, 11) is 0. The van der Waals surface area contributed by atoms with Gasteiger partial charge in [-0.3, -0.25) is 4.79 Å². The Balaban J connectivity index is 1.87. The van der Waals surface area contributed by atoms with Crippen LogP contribution in [0.2, 0.25) is 0 Å². The fourth-order valence-electron chi connectivity index (χ4n) is 3.21. The Morgan fingerprint density at radius 2 is 2.08 bits per heavy atom. The van der Waals surface area contributed by atoms with Crippen molar-refractivity contribution in [3.63, 3.8) is 0 Å². The zero-order valence-electron chi connectivity index (χ0n) is 14.7. The van der Waals surface area contributed by atoms with Crippen molar-refractivity contribution in [1.29, 1.82) is 0 Å². The van der Waals surface area contributed by atoms with Crippen LogP contribution in [0.15, 0.2) is 6.33 Å². The zero-order valence-corrected chi connectivity index (χ0v) is 15.5. The predicted molar refractivity (Wildman–Crippen MR) is 97.2 cm³/mol. The number of rotatable bonds is 4. The van der Waals surface area contributed by atoms with Crippen molar-refractivity contribution in [3.8, 4) is 0 Å². The summed E-state index contributed by atoms with van der Waals surface area (Å²) in [6.07, 6.45) is 3.29. The van der Waals surface area contributed by atoms with Crippen molar-refractivity contribution in [2.75, 3.05) is 24.6 Å². The summed E-state index contributed by atoms with van der Waals surface area (Å²) < 4.78 is 5.14. The molecule has 0 unspecified atom stereocenters. The van der Waals surface area contributed by atoms with E-state index >= 15 is 0 Å². The summed E-state index contributed by atoms with van der Waals surface area (Å²) in [5.74, 6) is 0.560. The van der Waals surface area contributed by atoms with E-state index in [1.54, 1.807) is 20.2 Å². The normalized spacial score (nSPS) is 15.4. The summed E-state index contributed by atoms with van der Waals surface area (Å²) in [6.45, 7) is 7.23. The second-order valence-electron chi connectivity index (χ2n) is 6.12. The first-order valence-corrected chi connectivity index (χ1v) is 9.26. The highest BCUT2D eigenvalue weighted by atomic mass is 32.1. The number of hydrogen-bond acceptors (Lipinski definition) is 7. The maximum Gasteiger partial charge on any atom is 0.348 e. The van der Waals surface area contributed by atoms with Crippen molar-refractivity contribution < 1.29 is 14.3 Å². The van der Waals surface area contributed by atoms with Gasteiger partial charge in [0.2, 0.25) is 5.91 Å². The number of thiophene rings is 1. The minimum atomic E-state index is -0.307. The highest BCUT2D eigenvalue weighted by molar-refractivity contribution is 7.20. The highest BCUT2D eigenvalue weighted by Gasteiger charge is 2.25. The molecule has 2 aromatic heterocycles. The third kappa shape index (κ3) is 3.58. The van der Waals surface area contributed by atoms with Crippen molar-refractivity contribution in [2.45, 2.75) is 39.7 Å². The van der Waals surface area contributed by atoms with Gasteiger partial charge in [0.25, 0.3) is 0 Å². The number of fused-ring (bicyclic) bond motifs is 1. The average molecular weight is 362 g/mol. The SMILES string of the molecule is CCOC(=O)c1sc2ncnc(N3CCC(NC(C)=O)CC3)c2c1C. The van der Waals surface area contributed by atoms with Crippen LogP contribution in [0.25, 0.3) is 10.2 Å². The Kier molecular flexibility index (Phi) is 5.17. The molecule has 8 heteroatoms. The van der Waals surface area contributed by atoms with E-state index in [4.69, 9.17) is 4.74 Å². The number of aryl methyl sites for hydroxylation is 1. The van der Waals surface area contributed by atoms with Gasteiger partial charge < -0.3 is 15.0 Å². The monoisotopic (exact) mass is 362 g/mol. The van der Waals surface area contributed by atoms with Gasteiger partial charge in [-0.15, -0.1) is 11.3 Å². The van der Waals surface area contributed by atoms with E-state index in [-0.39, 0.29) is 17.9 Å². The van der Waals surface area contributed by atoms with E-state index in [0.717, 1.165) is 47.5 Å². The van der Waals surface area contributed by atoms with Gasteiger partial charge >= 0.3 is 5.97 Å². The molecule has 0 bridgehead atoms. The Bertz CT molecular complexity index is 797. The lowest BCUT2D eigenvalue weighted by atomic mass is 10.0. The Morgan fingerprint density at radius 3 is 2.72 bits per heavy atom. The van der Waals surface area contributed by atoms with Gasteiger partial charge in [0.05, 0.1) is 12.0 Å². The van der Waals surface area contributed by atoms with E-state index in [1.807, 2.05) is 6.92 Å². The topological polar surface area (TPSA) is 84.4 Å². The largest absolute Gasteiger partial charge is 0.462 e. The van der Waals surface area contributed by atoms with Crippen LogP contribution in [0.4, 0.5) is 5.82 Å². The number of nitrogens with zero attached hydrogens (tertiary/aromatic N) is 3. The number of carbonyl (C=O) groups excluding carboxylic acids is 2. The molecule has 7 nitrogen and oxygen atoms in total. The molecule has 1 aliphatic heterocycles. The molecule has 0 atom stereocenters. The van der Waals surface area contributed by atoms with Crippen LogP contribution >= 0.6 is 11.3 Å². The number of carbonyl (C=O) groups is 2. The molecule has 0 aliphatic carbocycles. The van der Waals surface area contributed by atoms with Crippen molar-refractivity contribution >= 4 is 39.2 Å². The smallest absolute Gasteiger partial charge is 0.348 e. The first-order chi connectivity index (χ1) is 12.0. The molecule has 3 heterocycles. The summed E-state index contributed by atoms with van der Waals surface area (Å²) in [5, 5.41) is 3.90. The second kappa shape index (κ2) is 7.35. The van der Waals surface area contributed by atoms with E-state index in [1.165, 1.54) is 11.3 Å². The van der Waals surface area contributed by atoms with E-state index in [2.05, 4.69) is 20.2 Å². The van der Waals surface area contributed by atoms with Crippen LogP contribution in [0, 0.1) is 6.92 Å². The molecule has 1 N–H and O–H groups in total. The van der Waals surface area contributed by atoms with E-state index in [9.17, 15) is 9.59 Å². The molecule has 134 valence electrons. The molecular weight excluding hydrogens is 340 g/mol. The number of aromatic nitrogens is 2. The fourth-order valence-corrected chi connectivity index (χ4v) is 4.24. The molecule has 0 saturated carbocycles. The summed E-state index contributed by atoms with van der Waals surface area (Å²) in [5.41, 5.74) is 0.873. The third-order valence-corrected chi connectivity index (χ3v) is 5.55. The van der Waals surface area contributed by atoms with Crippen LogP contribution in [-0.2, 0) is 9.53 Å². The molecule has 1 saturated heterocycles. The van der Waals surface area contributed by atoms with Crippen LogP contribution in [0.3, 0.4) is 0 Å².